The zero-order valence-electron chi connectivity index (χ0n) is 13.5. The zero-order chi connectivity index (χ0) is 16.4. The Kier molecular flexibility index (Phi) is 4.28. The van der Waals surface area contributed by atoms with Gasteiger partial charge in [0.2, 0.25) is 0 Å². The maximum absolute atomic E-state index is 11.5. The van der Waals surface area contributed by atoms with E-state index in [1.165, 1.54) is 11.8 Å². The average Bonchev–Trinajstić information content (AvgIpc) is 2.55. The Morgan fingerprint density at radius 2 is 1.87 bits per heavy atom. The highest BCUT2D eigenvalue weighted by atomic mass is 16.4. The Morgan fingerprint density at radius 3 is 2.48 bits per heavy atom. The van der Waals surface area contributed by atoms with E-state index < -0.39 is 5.97 Å². The molecular formula is C18H21N3O2. The normalized spacial score (nSPS) is 15.7. The lowest BCUT2D eigenvalue weighted by Crippen LogP contribution is -2.34. The third-order valence-corrected chi connectivity index (χ3v) is 4.39. The second-order valence-corrected chi connectivity index (χ2v) is 6.27. The lowest BCUT2D eigenvalue weighted by molar-refractivity contribution is 0.0696. The number of rotatable bonds is 3. The van der Waals surface area contributed by atoms with Gasteiger partial charge in [-0.1, -0.05) is 36.8 Å². The number of aromatic nitrogens is 2. The molecule has 0 radical (unpaired) electrons. The Balaban J connectivity index is 1.99. The second-order valence-electron chi connectivity index (χ2n) is 6.27. The van der Waals surface area contributed by atoms with Crippen LogP contribution in [0.5, 0.6) is 0 Å². The van der Waals surface area contributed by atoms with E-state index in [-0.39, 0.29) is 5.56 Å². The summed E-state index contributed by atoms with van der Waals surface area (Å²) in [6.07, 6.45) is 3.55. The number of benzene rings is 1. The molecule has 0 unspecified atom stereocenters. The van der Waals surface area contributed by atoms with Gasteiger partial charge in [0.25, 0.3) is 0 Å². The van der Waals surface area contributed by atoms with Crippen LogP contribution in [-0.2, 0) is 0 Å². The summed E-state index contributed by atoms with van der Waals surface area (Å²) < 4.78 is 0. The van der Waals surface area contributed by atoms with Crippen LogP contribution in [0.3, 0.4) is 0 Å². The summed E-state index contributed by atoms with van der Waals surface area (Å²) in [6, 6.07) is 7.94. The second kappa shape index (κ2) is 6.36. The average molecular weight is 311 g/mol. The van der Waals surface area contributed by atoms with E-state index in [0.29, 0.717) is 17.6 Å². The Hall–Kier alpha value is -2.43. The van der Waals surface area contributed by atoms with Crippen molar-refractivity contribution < 1.29 is 9.90 Å². The van der Waals surface area contributed by atoms with Gasteiger partial charge in [-0.3, -0.25) is 0 Å². The molecule has 0 atom stereocenters. The molecule has 120 valence electrons. The van der Waals surface area contributed by atoms with Gasteiger partial charge in [0.1, 0.15) is 11.4 Å². The fourth-order valence-corrected chi connectivity index (χ4v) is 2.83. The van der Waals surface area contributed by atoms with Crippen LogP contribution in [-0.4, -0.2) is 34.1 Å². The van der Waals surface area contributed by atoms with Gasteiger partial charge in [0.15, 0.2) is 5.82 Å². The fourth-order valence-electron chi connectivity index (χ4n) is 2.83. The van der Waals surface area contributed by atoms with Crippen molar-refractivity contribution in [3.63, 3.8) is 0 Å². The van der Waals surface area contributed by atoms with Crippen molar-refractivity contribution in [1.29, 1.82) is 0 Å². The number of hydrogen-bond donors (Lipinski definition) is 1. The van der Waals surface area contributed by atoms with Crippen LogP contribution in [0, 0.1) is 12.8 Å². The molecule has 5 nitrogen and oxygen atoms in total. The van der Waals surface area contributed by atoms with E-state index in [4.69, 9.17) is 0 Å². The van der Waals surface area contributed by atoms with Gasteiger partial charge in [-0.25, -0.2) is 14.8 Å². The van der Waals surface area contributed by atoms with Crippen molar-refractivity contribution in [1.82, 2.24) is 9.97 Å². The van der Waals surface area contributed by atoms with E-state index in [2.05, 4.69) is 21.8 Å². The van der Waals surface area contributed by atoms with Crippen molar-refractivity contribution in [2.75, 3.05) is 18.0 Å². The number of hydrogen-bond acceptors (Lipinski definition) is 4. The first kappa shape index (κ1) is 15.5. The first-order chi connectivity index (χ1) is 11.0. The van der Waals surface area contributed by atoms with Gasteiger partial charge in [-0.05, 0) is 25.7 Å². The minimum Gasteiger partial charge on any atom is -0.477 e. The summed E-state index contributed by atoms with van der Waals surface area (Å²) in [5.41, 5.74) is 2.25. The highest BCUT2D eigenvalue weighted by molar-refractivity contribution is 5.93. The van der Waals surface area contributed by atoms with Crippen molar-refractivity contribution in [3.05, 3.63) is 41.6 Å². The number of anilines is 1. The quantitative estimate of drug-likeness (QED) is 0.941. The molecule has 1 saturated heterocycles. The molecule has 3 rings (SSSR count). The molecule has 0 aliphatic carbocycles. The summed E-state index contributed by atoms with van der Waals surface area (Å²) >= 11 is 0. The third-order valence-electron chi connectivity index (χ3n) is 4.39. The van der Waals surface area contributed by atoms with E-state index in [0.717, 1.165) is 31.5 Å². The van der Waals surface area contributed by atoms with Crippen LogP contribution in [0.1, 0.15) is 35.7 Å². The van der Waals surface area contributed by atoms with E-state index in [1.807, 2.05) is 31.2 Å². The predicted octanol–water partition coefficient (Wildman–Crippen LogP) is 3.39. The summed E-state index contributed by atoms with van der Waals surface area (Å²) in [7, 11) is 0. The van der Waals surface area contributed by atoms with Crippen LogP contribution >= 0.6 is 0 Å². The van der Waals surface area contributed by atoms with Crippen molar-refractivity contribution in [2.45, 2.75) is 26.7 Å². The molecule has 2 heterocycles. The van der Waals surface area contributed by atoms with Crippen LogP contribution in [0.15, 0.2) is 30.5 Å². The van der Waals surface area contributed by atoms with Crippen LogP contribution in [0.25, 0.3) is 11.4 Å². The van der Waals surface area contributed by atoms with Crippen LogP contribution in [0.4, 0.5) is 5.82 Å². The molecule has 5 heteroatoms. The first-order valence-corrected chi connectivity index (χ1v) is 7.97. The zero-order valence-corrected chi connectivity index (χ0v) is 13.5. The maximum Gasteiger partial charge on any atom is 0.341 e. The topological polar surface area (TPSA) is 66.3 Å². The van der Waals surface area contributed by atoms with E-state index in [1.54, 1.807) is 0 Å². The molecule has 1 fully saturated rings. The molecule has 0 saturated carbocycles. The summed E-state index contributed by atoms with van der Waals surface area (Å²) in [4.78, 5) is 22.4. The molecule has 23 heavy (non-hydrogen) atoms. The lowest BCUT2D eigenvalue weighted by atomic mass is 9.99. The number of carbonyl (C=O) groups is 1. The van der Waals surface area contributed by atoms with Crippen LogP contribution < -0.4 is 4.90 Å². The number of carboxylic acid groups (broad SMARTS) is 1. The van der Waals surface area contributed by atoms with Crippen LogP contribution in [0.2, 0.25) is 0 Å². The molecule has 1 aromatic heterocycles. The first-order valence-electron chi connectivity index (χ1n) is 7.97. The molecule has 0 amide bonds. The standard InChI is InChI=1S/C18H21N3O2/c1-12-3-5-14(6-4-12)16-19-11-15(18(22)23)17(20-16)21-9-7-13(2)8-10-21/h3-6,11,13H,7-10H2,1-2H3,(H,22,23). The highest BCUT2D eigenvalue weighted by Gasteiger charge is 2.23. The van der Waals surface area contributed by atoms with Gasteiger partial charge in [-0.2, -0.15) is 0 Å². The fraction of sp³-hybridized carbons (Fsp3) is 0.389. The molecular weight excluding hydrogens is 290 g/mol. The largest absolute Gasteiger partial charge is 0.477 e. The molecule has 1 aliphatic heterocycles. The van der Waals surface area contributed by atoms with Gasteiger partial charge in [0.05, 0.1) is 0 Å². The number of piperidine rings is 1. The Bertz CT molecular complexity index is 705. The number of aryl methyl sites for hydroxylation is 1. The smallest absolute Gasteiger partial charge is 0.341 e. The molecule has 2 aromatic rings. The third kappa shape index (κ3) is 3.33. The number of nitrogens with zero attached hydrogens (tertiary/aromatic N) is 3. The van der Waals surface area contributed by atoms with Crippen molar-refractivity contribution in [3.8, 4) is 11.4 Å². The predicted molar refractivity (Wildman–Crippen MR) is 89.8 cm³/mol. The van der Waals surface area contributed by atoms with Gasteiger partial charge in [0, 0.05) is 24.8 Å². The SMILES string of the molecule is Cc1ccc(-c2ncc(C(=O)O)c(N3CCC(C)CC3)n2)cc1. The van der Waals surface area contributed by atoms with E-state index in [9.17, 15) is 9.90 Å². The monoisotopic (exact) mass is 311 g/mol. The lowest BCUT2D eigenvalue weighted by Gasteiger charge is -2.32. The Morgan fingerprint density at radius 1 is 1.22 bits per heavy atom. The summed E-state index contributed by atoms with van der Waals surface area (Å²) in [5, 5.41) is 9.44. The van der Waals surface area contributed by atoms with Gasteiger partial charge in [-0.15, -0.1) is 0 Å². The highest BCUT2D eigenvalue weighted by Crippen LogP contribution is 2.26. The molecule has 1 aromatic carbocycles. The summed E-state index contributed by atoms with van der Waals surface area (Å²) in [5.74, 6) is 0.811. The minimum absolute atomic E-state index is 0.176. The minimum atomic E-state index is -0.978. The van der Waals surface area contributed by atoms with E-state index >= 15 is 0 Å². The molecule has 0 spiro atoms. The van der Waals surface area contributed by atoms with Crippen molar-refractivity contribution >= 4 is 11.8 Å². The van der Waals surface area contributed by atoms with Crippen molar-refractivity contribution in [2.24, 2.45) is 5.92 Å². The molecule has 1 N–H and O–H groups in total. The molecule has 1 aliphatic rings. The summed E-state index contributed by atoms with van der Waals surface area (Å²) in [6.45, 7) is 5.93. The van der Waals surface area contributed by atoms with Gasteiger partial charge < -0.3 is 10.0 Å². The number of aromatic carboxylic acids is 1. The Labute approximate surface area is 136 Å². The number of carboxylic acids is 1. The maximum atomic E-state index is 11.5. The molecule has 0 bridgehead atoms. The van der Waals surface area contributed by atoms with Gasteiger partial charge >= 0.3 is 5.97 Å².